The van der Waals surface area contributed by atoms with Crippen LogP contribution in [0.5, 0.6) is 17.2 Å². The molecule has 0 heterocycles. The summed E-state index contributed by atoms with van der Waals surface area (Å²) in [6.45, 7) is 5.22. The van der Waals surface area contributed by atoms with Crippen molar-refractivity contribution >= 4 is 0 Å². The quantitative estimate of drug-likeness (QED) is 0.444. The van der Waals surface area contributed by atoms with Crippen molar-refractivity contribution in [1.82, 2.24) is 5.32 Å². The number of methoxy groups -OCH3 is 2. The van der Waals surface area contributed by atoms with Gasteiger partial charge in [-0.3, -0.25) is 0 Å². The molecule has 27 heavy (non-hydrogen) atoms. The van der Waals surface area contributed by atoms with E-state index >= 15 is 0 Å². The molecule has 0 aromatic heterocycles. The second-order valence-corrected chi connectivity index (χ2v) is 6.21. The first-order valence-electron chi connectivity index (χ1n) is 9.09. The number of benzene rings is 2. The van der Waals surface area contributed by atoms with Gasteiger partial charge in [-0.2, -0.15) is 0 Å². The highest BCUT2D eigenvalue weighted by molar-refractivity contribution is 5.43. The van der Waals surface area contributed by atoms with Crippen LogP contribution in [-0.4, -0.2) is 45.1 Å². The van der Waals surface area contributed by atoms with Gasteiger partial charge in [0.25, 0.3) is 0 Å². The van der Waals surface area contributed by atoms with Gasteiger partial charge in [-0.1, -0.05) is 30.3 Å². The molecule has 0 saturated carbocycles. The maximum absolute atomic E-state index is 10.1. The molecule has 0 bridgehead atoms. The number of para-hydroxylation sites is 1. The van der Waals surface area contributed by atoms with Crippen molar-refractivity contribution < 1.29 is 19.3 Å². The minimum atomic E-state index is -0.577. The van der Waals surface area contributed by atoms with Gasteiger partial charge in [0.2, 0.25) is 0 Å². The second kappa shape index (κ2) is 11.3. The fourth-order valence-corrected chi connectivity index (χ4v) is 2.75. The van der Waals surface area contributed by atoms with E-state index < -0.39 is 6.10 Å². The summed E-state index contributed by atoms with van der Waals surface area (Å²) in [6, 6.07) is 13.7. The second-order valence-electron chi connectivity index (χ2n) is 6.21. The van der Waals surface area contributed by atoms with Gasteiger partial charge < -0.3 is 24.6 Å². The van der Waals surface area contributed by atoms with E-state index in [0.29, 0.717) is 6.54 Å². The van der Waals surface area contributed by atoms with Gasteiger partial charge in [0.1, 0.15) is 18.5 Å². The third-order valence-electron chi connectivity index (χ3n) is 4.19. The number of allylic oxidation sites excluding steroid dienone is 1. The predicted molar refractivity (Wildman–Crippen MR) is 108 cm³/mol. The fraction of sp³-hybridized carbons (Fsp3) is 0.364. The Morgan fingerprint density at radius 3 is 2.59 bits per heavy atom. The lowest BCUT2D eigenvalue weighted by Crippen LogP contribution is -2.32. The summed E-state index contributed by atoms with van der Waals surface area (Å²) < 4.78 is 16.3. The Kier molecular flexibility index (Phi) is 8.68. The van der Waals surface area contributed by atoms with E-state index in [4.69, 9.17) is 14.2 Å². The Balaban J connectivity index is 1.72. The fourth-order valence-electron chi connectivity index (χ4n) is 2.75. The molecule has 2 aromatic carbocycles. The third-order valence-corrected chi connectivity index (χ3v) is 4.19. The van der Waals surface area contributed by atoms with Gasteiger partial charge in [-0.25, -0.2) is 0 Å². The maximum Gasteiger partial charge on any atom is 0.160 e. The van der Waals surface area contributed by atoms with Crippen molar-refractivity contribution in [2.24, 2.45) is 0 Å². The standard InChI is InChI=1S/C22H29NO4/c1-4-7-18-8-5-6-9-20(18)27-16-19(24)15-23-13-12-17-10-11-21(25-2)22(14-17)26-3/h4-6,8-11,14,19,23-24H,1,7,12-13,15-16H2,2-3H3. The number of rotatable bonds is 12. The minimum absolute atomic E-state index is 0.248. The molecule has 1 unspecified atom stereocenters. The van der Waals surface area contributed by atoms with Crippen LogP contribution in [0, 0.1) is 0 Å². The van der Waals surface area contributed by atoms with Crippen molar-refractivity contribution in [3.8, 4) is 17.2 Å². The molecule has 0 aliphatic heterocycles. The molecule has 0 amide bonds. The number of nitrogens with one attached hydrogen (secondary N) is 1. The largest absolute Gasteiger partial charge is 0.493 e. The molecule has 0 saturated heterocycles. The molecule has 0 aliphatic rings. The monoisotopic (exact) mass is 371 g/mol. The van der Waals surface area contributed by atoms with Crippen LogP contribution in [0.4, 0.5) is 0 Å². The van der Waals surface area contributed by atoms with E-state index in [1.54, 1.807) is 14.2 Å². The highest BCUT2D eigenvalue weighted by atomic mass is 16.5. The van der Waals surface area contributed by atoms with Crippen molar-refractivity contribution in [3.05, 3.63) is 66.2 Å². The van der Waals surface area contributed by atoms with Gasteiger partial charge in [0.05, 0.1) is 14.2 Å². The lowest BCUT2D eigenvalue weighted by atomic mass is 10.1. The first kappa shape index (κ1) is 20.8. The Labute approximate surface area is 161 Å². The summed E-state index contributed by atoms with van der Waals surface area (Å²) in [5.41, 5.74) is 2.21. The van der Waals surface area contributed by atoms with E-state index in [0.717, 1.165) is 47.8 Å². The van der Waals surface area contributed by atoms with Crippen LogP contribution in [0.15, 0.2) is 55.1 Å². The van der Waals surface area contributed by atoms with Crippen molar-refractivity contribution in [2.75, 3.05) is 33.9 Å². The van der Waals surface area contributed by atoms with Crippen LogP contribution in [0.3, 0.4) is 0 Å². The Morgan fingerprint density at radius 2 is 1.85 bits per heavy atom. The predicted octanol–water partition coefficient (Wildman–Crippen LogP) is 3.00. The molecule has 5 heteroatoms. The van der Waals surface area contributed by atoms with Gasteiger partial charge in [-0.05, 0) is 48.7 Å². The molecule has 0 spiro atoms. The van der Waals surface area contributed by atoms with Crippen molar-refractivity contribution in [3.63, 3.8) is 0 Å². The zero-order valence-electron chi connectivity index (χ0n) is 16.1. The number of aliphatic hydroxyl groups is 1. The van der Waals surface area contributed by atoms with Gasteiger partial charge in [-0.15, -0.1) is 6.58 Å². The number of hydrogen-bond acceptors (Lipinski definition) is 5. The van der Waals surface area contributed by atoms with E-state index in [2.05, 4.69) is 11.9 Å². The normalized spacial score (nSPS) is 11.7. The van der Waals surface area contributed by atoms with Crippen LogP contribution in [0.1, 0.15) is 11.1 Å². The summed E-state index contributed by atoms with van der Waals surface area (Å²) in [7, 11) is 3.25. The number of ether oxygens (including phenoxy) is 3. The average Bonchev–Trinajstić information content (AvgIpc) is 2.70. The first-order valence-corrected chi connectivity index (χ1v) is 9.09. The van der Waals surface area contributed by atoms with Crippen molar-refractivity contribution in [1.29, 1.82) is 0 Å². The van der Waals surface area contributed by atoms with Crippen LogP contribution in [0.25, 0.3) is 0 Å². The molecule has 2 rings (SSSR count). The number of aliphatic hydroxyl groups excluding tert-OH is 1. The van der Waals surface area contributed by atoms with Crippen LogP contribution in [-0.2, 0) is 12.8 Å². The van der Waals surface area contributed by atoms with Crippen molar-refractivity contribution in [2.45, 2.75) is 18.9 Å². The molecule has 146 valence electrons. The average molecular weight is 371 g/mol. The minimum Gasteiger partial charge on any atom is -0.493 e. The maximum atomic E-state index is 10.1. The van der Waals surface area contributed by atoms with E-state index in [9.17, 15) is 5.11 Å². The summed E-state index contributed by atoms with van der Waals surface area (Å²) in [5.74, 6) is 2.24. The lowest BCUT2D eigenvalue weighted by Gasteiger charge is -2.15. The first-order chi connectivity index (χ1) is 13.2. The van der Waals surface area contributed by atoms with Crippen LogP contribution < -0.4 is 19.5 Å². The molecular weight excluding hydrogens is 342 g/mol. The molecular formula is C22H29NO4. The van der Waals surface area contributed by atoms with E-state index in [-0.39, 0.29) is 6.61 Å². The molecule has 2 N–H and O–H groups in total. The Hall–Kier alpha value is -2.50. The lowest BCUT2D eigenvalue weighted by molar-refractivity contribution is 0.106. The molecule has 5 nitrogen and oxygen atoms in total. The molecule has 0 fully saturated rings. The zero-order valence-corrected chi connectivity index (χ0v) is 16.1. The summed E-state index contributed by atoms with van der Waals surface area (Å²) >= 11 is 0. The summed E-state index contributed by atoms with van der Waals surface area (Å²) in [4.78, 5) is 0. The van der Waals surface area contributed by atoms with E-state index in [1.807, 2.05) is 48.5 Å². The molecule has 2 aromatic rings. The summed E-state index contributed by atoms with van der Waals surface area (Å²) in [5, 5.41) is 13.4. The topological polar surface area (TPSA) is 60.0 Å². The van der Waals surface area contributed by atoms with Crippen LogP contribution >= 0.6 is 0 Å². The van der Waals surface area contributed by atoms with E-state index in [1.165, 1.54) is 0 Å². The van der Waals surface area contributed by atoms with Crippen LogP contribution in [0.2, 0.25) is 0 Å². The highest BCUT2D eigenvalue weighted by Crippen LogP contribution is 2.27. The number of hydrogen-bond donors (Lipinski definition) is 2. The smallest absolute Gasteiger partial charge is 0.160 e. The van der Waals surface area contributed by atoms with Gasteiger partial charge >= 0.3 is 0 Å². The Morgan fingerprint density at radius 1 is 1.07 bits per heavy atom. The summed E-state index contributed by atoms with van der Waals surface area (Å²) in [6.07, 6.45) is 2.84. The molecule has 0 radical (unpaired) electrons. The highest BCUT2D eigenvalue weighted by Gasteiger charge is 2.08. The zero-order chi connectivity index (χ0) is 19.5. The molecule has 1 atom stereocenters. The van der Waals surface area contributed by atoms with Gasteiger partial charge in [0, 0.05) is 6.54 Å². The van der Waals surface area contributed by atoms with Gasteiger partial charge in [0.15, 0.2) is 11.5 Å². The third kappa shape index (κ3) is 6.62. The Bertz CT molecular complexity index is 717. The SMILES string of the molecule is C=CCc1ccccc1OCC(O)CNCCc1ccc(OC)c(OC)c1. The molecule has 0 aliphatic carbocycles.